The zero-order chi connectivity index (χ0) is 26.8. The van der Waals surface area contributed by atoms with Gasteiger partial charge in [-0.2, -0.15) is 4.31 Å². The van der Waals surface area contributed by atoms with Gasteiger partial charge in [0.1, 0.15) is 12.4 Å². The number of hydrogen-bond donors (Lipinski definition) is 3. The minimum Gasteiger partial charge on any atom is -0.508 e. The van der Waals surface area contributed by atoms with E-state index in [0.29, 0.717) is 5.56 Å². The van der Waals surface area contributed by atoms with Crippen LogP contribution in [0.4, 0.5) is 4.79 Å². The Labute approximate surface area is 217 Å². The summed E-state index contributed by atoms with van der Waals surface area (Å²) in [5.74, 6) is -0.213. The van der Waals surface area contributed by atoms with Crippen molar-refractivity contribution < 1.29 is 28.2 Å². The van der Waals surface area contributed by atoms with E-state index >= 15 is 0 Å². The molecule has 0 saturated carbocycles. The van der Waals surface area contributed by atoms with Gasteiger partial charge in [0.2, 0.25) is 10.0 Å². The molecule has 0 saturated heterocycles. The average Bonchev–Trinajstić information content (AvgIpc) is 2.87. The third-order valence-electron chi connectivity index (χ3n) is 5.57. The Morgan fingerprint density at radius 3 is 2.41 bits per heavy atom. The van der Waals surface area contributed by atoms with E-state index < -0.39 is 28.3 Å². The van der Waals surface area contributed by atoms with Gasteiger partial charge < -0.3 is 20.3 Å². The van der Waals surface area contributed by atoms with Crippen molar-refractivity contribution >= 4 is 16.1 Å². The molecule has 10 heteroatoms. The van der Waals surface area contributed by atoms with Crippen LogP contribution in [0.15, 0.2) is 84.0 Å². The lowest BCUT2D eigenvalue weighted by Gasteiger charge is -2.30. The fourth-order valence-corrected chi connectivity index (χ4v) is 5.45. The minimum absolute atomic E-state index is 0.000814. The van der Waals surface area contributed by atoms with Crippen LogP contribution in [0.1, 0.15) is 25.0 Å². The highest BCUT2D eigenvalue weighted by Crippen LogP contribution is 2.22. The molecule has 1 aromatic heterocycles. The molecule has 0 aliphatic rings. The number of nitrogens with zero attached hydrogens (tertiary/aromatic N) is 2. The van der Waals surface area contributed by atoms with Crippen molar-refractivity contribution in [3.05, 3.63) is 90.3 Å². The molecule has 9 nitrogen and oxygen atoms in total. The first-order chi connectivity index (χ1) is 17.6. The SMILES string of the molecule is CC(C)CN(C[C@@H](O)[C@H](Cc1ccccc1)NC(=O)OCc1cccnc1)S(=O)(=O)c1cccc(O)c1. The molecular formula is C27H33N3O6S. The second kappa shape index (κ2) is 13.2. The van der Waals surface area contributed by atoms with E-state index in [1.165, 1.54) is 28.6 Å². The Morgan fingerprint density at radius 2 is 1.76 bits per heavy atom. The summed E-state index contributed by atoms with van der Waals surface area (Å²) in [6, 6.07) is 17.3. The summed E-state index contributed by atoms with van der Waals surface area (Å²) in [4.78, 5) is 16.5. The fraction of sp³-hybridized carbons (Fsp3) is 0.333. The van der Waals surface area contributed by atoms with Crippen LogP contribution < -0.4 is 5.32 Å². The summed E-state index contributed by atoms with van der Waals surface area (Å²) in [6.07, 6.45) is 1.46. The third kappa shape index (κ3) is 8.56. The molecule has 2 aromatic carbocycles. The van der Waals surface area contributed by atoms with Crippen LogP contribution in [0.25, 0.3) is 0 Å². The number of aromatic nitrogens is 1. The molecule has 0 aliphatic heterocycles. The summed E-state index contributed by atoms with van der Waals surface area (Å²) in [5.41, 5.74) is 1.56. The molecule has 198 valence electrons. The predicted octanol–water partition coefficient (Wildman–Crippen LogP) is 3.33. The maximum atomic E-state index is 13.4. The van der Waals surface area contributed by atoms with Crippen molar-refractivity contribution in [3.63, 3.8) is 0 Å². The van der Waals surface area contributed by atoms with Gasteiger partial charge in [-0.3, -0.25) is 4.98 Å². The molecule has 3 rings (SSSR count). The molecular weight excluding hydrogens is 494 g/mol. The number of amides is 1. The Hall–Kier alpha value is -3.47. The maximum absolute atomic E-state index is 13.4. The van der Waals surface area contributed by atoms with Crippen molar-refractivity contribution in [2.45, 2.75) is 43.9 Å². The maximum Gasteiger partial charge on any atom is 0.407 e. The molecule has 3 aromatic rings. The number of rotatable bonds is 12. The first kappa shape index (κ1) is 28.1. The summed E-state index contributed by atoms with van der Waals surface area (Å²) >= 11 is 0. The molecule has 0 bridgehead atoms. The van der Waals surface area contributed by atoms with E-state index in [1.54, 1.807) is 24.5 Å². The zero-order valence-electron chi connectivity index (χ0n) is 20.9. The molecule has 0 unspecified atom stereocenters. The number of benzene rings is 2. The van der Waals surface area contributed by atoms with Crippen molar-refractivity contribution in [2.24, 2.45) is 5.92 Å². The summed E-state index contributed by atoms with van der Waals surface area (Å²) < 4.78 is 33.3. The monoisotopic (exact) mass is 527 g/mol. The molecule has 3 N–H and O–H groups in total. The standard InChI is InChI=1S/C27H33N3O6S/c1-20(2)17-30(37(34,35)24-12-6-11-23(31)15-24)18-26(32)25(14-21-8-4-3-5-9-21)29-27(33)36-19-22-10-7-13-28-16-22/h3-13,15-16,20,25-26,31-32H,14,17-19H2,1-2H3,(H,29,33)/t25-,26+/m0/s1. The molecule has 37 heavy (non-hydrogen) atoms. The lowest BCUT2D eigenvalue weighted by Crippen LogP contribution is -2.51. The number of phenolic OH excluding ortho intramolecular Hbond substituents is 1. The number of carbonyl (C=O) groups is 1. The molecule has 0 fully saturated rings. The van der Waals surface area contributed by atoms with Crippen LogP contribution in [0, 0.1) is 5.92 Å². The number of aliphatic hydroxyl groups excluding tert-OH is 1. The van der Waals surface area contributed by atoms with Gasteiger partial charge >= 0.3 is 6.09 Å². The number of pyridine rings is 1. The van der Waals surface area contributed by atoms with E-state index in [9.17, 15) is 23.4 Å². The van der Waals surface area contributed by atoms with Crippen molar-refractivity contribution in [3.8, 4) is 5.75 Å². The van der Waals surface area contributed by atoms with Gasteiger partial charge in [0, 0.05) is 31.0 Å². The Morgan fingerprint density at radius 1 is 1.03 bits per heavy atom. The van der Waals surface area contributed by atoms with Crippen LogP contribution in [-0.4, -0.2) is 59.2 Å². The van der Waals surface area contributed by atoms with E-state index in [4.69, 9.17) is 4.74 Å². The van der Waals surface area contributed by atoms with Gasteiger partial charge in [-0.25, -0.2) is 13.2 Å². The first-order valence-electron chi connectivity index (χ1n) is 12.0. The van der Waals surface area contributed by atoms with Crippen molar-refractivity contribution in [1.82, 2.24) is 14.6 Å². The zero-order valence-corrected chi connectivity index (χ0v) is 21.7. The van der Waals surface area contributed by atoms with Crippen LogP contribution in [-0.2, 0) is 27.8 Å². The fourth-order valence-electron chi connectivity index (χ4n) is 3.78. The molecule has 2 atom stereocenters. The number of phenols is 1. The van der Waals surface area contributed by atoms with E-state index in [2.05, 4.69) is 10.3 Å². The Balaban J connectivity index is 1.79. The predicted molar refractivity (Wildman–Crippen MR) is 139 cm³/mol. The largest absolute Gasteiger partial charge is 0.508 e. The normalized spacial score (nSPS) is 13.3. The molecule has 1 heterocycles. The van der Waals surface area contributed by atoms with Crippen LogP contribution in [0.5, 0.6) is 5.75 Å². The molecule has 1 amide bonds. The van der Waals surface area contributed by atoms with Gasteiger partial charge in [0.15, 0.2) is 0 Å². The summed E-state index contributed by atoms with van der Waals surface area (Å²) in [5, 5.41) is 23.7. The Kier molecular flexibility index (Phi) is 10.0. The van der Waals surface area contributed by atoms with Crippen molar-refractivity contribution in [2.75, 3.05) is 13.1 Å². The number of carbonyl (C=O) groups excluding carboxylic acids is 1. The van der Waals surface area contributed by atoms with E-state index in [-0.39, 0.29) is 42.7 Å². The second-order valence-electron chi connectivity index (χ2n) is 9.16. The number of aliphatic hydroxyl groups is 1. The number of ether oxygens (including phenoxy) is 1. The number of nitrogens with one attached hydrogen (secondary N) is 1. The van der Waals surface area contributed by atoms with Crippen LogP contribution >= 0.6 is 0 Å². The van der Waals surface area contributed by atoms with Crippen molar-refractivity contribution in [1.29, 1.82) is 0 Å². The number of hydrogen-bond acceptors (Lipinski definition) is 7. The molecule has 0 spiro atoms. The number of alkyl carbamates (subject to hydrolysis) is 1. The summed E-state index contributed by atoms with van der Waals surface area (Å²) in [6.45, 7) is 3.61. The quantitative estimate of drug-likeness (QED) is 0.329. The summed E-state index contributed by atoms with van der Waals surface area (Å²) in [7, 11) is -4.03. The van der Waals surface area contributed by atoms with Gasteiger partial charge in [0.05, 0.1) is 17.0 Å². The number of aromatic hydroxyl groups is 1. The van der Waals surface area contributed by atoms with Gasteiger partial charge in [-0.1, -0.05) is 56.3 Å². The lowest BCUT2D eigenvalue weighted by molar-refractivity contribution is 0.0873. The van der Waals surface area contributed by atoms with Gasteiger partial charge in [0.25, 0.3) is 0 Å². The highest BCUT2D eigenvalue weighted by molar-refractivity contribution is 7.89. The number of sulfonamides is 1. The third-order valence-corrected chi connectivity index (χ3v) is 7.40. The molecule has 0 radical (unpaired) electrons. The lowest BCUT2D eigenvalue weighted by atomic mass is 10.0. The highest BCUT2D eigenvalue weighted by Gasteiger charge is 2.31. The topological polar surface area (TPSA) is 129 Å². The highest BCUT2D eigenvalue weighted by atomic mass is 32.2. The molecule has 0 aliphatic carbocycles. The smallest absolute Gasteiger partial charge is 0.407 e. The Bertz CT molecular complexity index is 1240. The van der Waals surface area contributed by atoms with Crippen LogP contribution in [0.2, 0.25) is 0 Å². The van der Waals surface area contributed by atoms with Gasteiger partial charge in [-0.15, -0.1) is 0 Å². The minimum atomic E-state index is -4.03. The second-order valence-corrected chi connectivity index (χ2v) is 11.1. The first-order valence-corrected chi connectivity index (χ1v) is 13.4. The van der Waals surface area contributed by atoms with Gasteiger partial charge in [-0.05, 0) is 42.2 Å². The average molecular weight is 528 g/mol. The van der Waals surface area contributed by atoms with E-state index in [0.717, 1.165) is 5.56 Å². The van der Waals surface area contributed by atoms with Crippen LogP contribution in [0.3, 0.4) is 0 Å². The van der Waals surface area contributed by atoms with E-state index in [1.807, 2.05) is 44.2 Å².